The van der Waals surface area contributed by atoms with Crippen molar-refractivity contribution in [3.8, 4) is 0 Å². The van der Waals surface area contributed by atoms with Crippen molar-refractivity contribution in [3.05, 3.63) is 65.5 Å². The first-order valence-electron chi connectivity index (χ1n) is 10.2. The first-order chi connectivity index (χ1) is 14.5. The third-order valence-electron chi connectivity index (χ3n) is 5.21. The van der Waals surface area contributed by atoms with E-state index in [-0.39, 0.29) is 11.8 Å². The highest BCUT2D eigenvalue weighted by atomic mass is 16.2. The van der Waals surface area contributed by atoms with E-state index in [1.54, 1.807) is 25.4 Å². The van der Waals surface area contributed by atoms with Gasteiger partial charge in [-0.05, 0) is 48.9 Å². The molecule has 0 unspecified atom stereocenters. The van der Waals surface area contributed by atoms with Crippen LogP contribution in [-0.4, -0.2) is 73.4 Å². The standard InChI is InChI=1S/C23H29N5O2/c1-24-23(30)20-15-19(16-25-17-20)5-8-22(29)26-21-6-3-18(4-7-21)9-10-28-13-11-27(2)12-14-28/h3-8,15-17H,9-14H2,1-2H3,(H,24,30)(H,26,29)/b8-5+. The van der Waals surface area contributed by atoms with Crippen LogP contribution in [0.25, 0.3) is 6.08 Å². The summed E-state index contributed by atoms with van der Waals surface area (Å²) in [5.74, 6) is -0.444. The predicted octanol–water partition coefficient (Wildman–Crippen LogP) is 1.88. The van der Waals surface area contributed by atoms with Gasteiger partial charge in [-0.1, -0.05) is 12.1 Å². The maximum Gasteiger partial charge on any atom is 0.252 e. The van der Waals surface area contributed by atoms with Gasteiger partial charge in [0.25, 0.3) is 5.91 Å². The fourth-order valence-corrected chi connectivity index (χ4v) is 3.29. The smallest absolute Gasteiger partial charge is 0.252 e. The summed E-state index contributed by atoms with van der Waals surface area (Å²) in [6.45, 7) is 5.57. The number of carbonyl (C=O) groups is 2. The lowest BCUT2D eigenvalue weighted by molar-refractivity contribution is -0.111. The van der Waals surface area contributed by atoms with Gasteiger partial charge in [0.05, 0.1) is 5.56 Å². The quantitative estimate of drug-likeness (QED) is 0.686. The number of anilines is 1. The van der Waals surface area contributed by atoms with Crippen LogP contribution in [0.2, 0.25) is 0 Å². The number of nitrogens with one attached hydrogen (secondary N) is 2. The Labute approximate surface area is 177 Å². The summed E-state index contributed by atoms with van der Waals surface area (Å²) in [5, 5.41) is 5.41. The Morgan fingerprint density at radius 3 is 2.53 bits per heavy atom. The lowest BCUT2D eigenvalue weighted by Gasteiger charge is -2.32. The molecule has 2 aromatic rings. The van der Waals surface area contributed by atoms with Crippen LogP contribution in [0.1, 0.15) is 21.5 Å². The fraction of sp³-hybridized carbons (Fsp3) is 0.348. The highest BCUT2D eigenvalue weighted by molar-refractivity contribution is 6.02. The highest BCUT2D eigenvalue weighted by Crippen LogP contribution is 2.12. The Hall–Kier alpha value is -3.03. The molecule has 7 heteroatoms. The molecule has 2 amide bonds. The number of nitrogens with zero attached hydrogens (tertiary/aromatic N) is 3. The average molecular weight is 408 g/mol. The number of carbonyl (C=O) groups excluding carboxylic acids is 2. The Kier molecular flexibility index (Phi) is 7.70. The SMILES string of the molecule is CNC(=O)c1cncc(/C=C/C(=O)Nc2ccc(CCN3CCN(C)CC3)cc2)c1. The van der Waals surface area contributed by atoms with E-state index < -0.39 is 0 Å². The van der Waals surface area contributed by atoms with Crippen molar-refractivity contribution in [3.63, 3.8) is 0 Å². The van der Waals surface area contributed by atoms with Crippen molar-refractivity contribution >= 4 is 23.6 Å². The summed E-state index contributed by atoms with van der Waals surface area (Å²) in [6.07, 6.45) is 7.17. The molecule has 1 fully saturated rings. The molecular formula is C23H29N5O2. The second-order valence-electron chi connectivity index (χ2n) is 7.50. The van der Waals surface area contributed by atoms with E-state index in [0.717, 1.165) is 44.8 Å². The Morgan fingerprint density at radius 1 is 1.10 bits per heavy atom. The van der Waals surface area contributed by atoms with Crippen LogP contribution in [0.3, 0.4) is 0 Å². The van der Waals surface area contributed by atoms with Gasteiger partial charge in [-0.2, -0.15) is 0 Å². The predicted molar refractivity (Wildman–Crippen MR) is 119 cm³/mol. The molecule has 0 radical (unpaired) electrons. The van der Waals surface area contributed by atoms with Gasteiger partial charge < -0.3 is 20.4 Å². The molecule has 0 saturated carbocycles. The monoisotopic (exact) mass is 407 g/mol. The Balaban J connectivity index is 1.48. The van der Waals surface area contributed by atoms with Crippen molar-refractivity contribution in [1.82, 2.24) is 20.1 Å². The number of amides is 2. The van der Waals surface area contributed by atoms with Gasteiger partial charge in [-0.3, -0.25) is 14.6 Å². The van der Waals surface area contributed by atoms with Gasteiger partial charge in [0.15, 0.2) is 0 Å². The average Bonchev–Trinajstić information content (AvgIpc) is 2.78. The maximum atomic E-state index is 12.2. The summed E-state index contributed by atoms with van der Waals surface area (Å²) in [5.41, 5.74) is 3.16. The van der Waals surface area contributed by atoms with E-state index in [9.17, 15) is 9.59 Å². The minimum Gasteiger partial charge on any atom is -0.355 e. The zero-order valence-corrected chi connectivity index (χ0v) is 17.6. The number of rotatable bonds is 7. The fourth-order valence-electron chi connectivity index (χ4n) is 3.29. The molecule has 1 aliphatic heterocycles. The van der Waals surface area contributed by atoms with Crippen LogP contribution in [0.15, 0.2) is 48.8 Å². The molecule has 0 spiro atoms. The van der Waals surface area contributed by atoms with Crippen molar-refractivity contribution < 1.29 is 9.59 Å². The van der Waals surface area contributed by atoms with Crippen molar-refractivity contribution in [2.24, 2.45) is 0 Å². The third-order valence-corrected chi connectivity index (χ3v) is 5.21. The number of hydrogen-bond donors (Lipinski definition) is 2. The van der Waals surface area contributed by atoms with E-state index in [1.165, 1.54) is 17.8 Å². The molecule has 3 rings (SSSR count). The van der Waals surface area contributed by atoms with Crippen LogP contribution in [0, 0.1) is 0 Å². The normalized spacial score (nSPS) is 15.3. The first kappa shape index (κ1) is 21.7. The van der Waals surface area contributed by atoms with Crippen molar-refractivity contribution in [2.75, 3.05) is 52.1 Å². The minimum atomic E-state index is -0.231. The van der Waals surface area contributed by atoms with Gasteiger partial charge >= 0.3 is 0 Å². The zero-order valence-electron chi connectivity index (χ0n) is 17.6. The van der Waals surface area contributed by atoms with Crippen molar-refractivity contribution in [1.29, 1.82) is 0 Å². The first-order valence-corrected chi connectivity index (χ1v) is 10.2. The van der Waals surface area contributed by atoms with Crippen LogP contribution in [-0.2, 0) is 11.2 Å². The summed E-state index contributed by atoms with van der Waals surface area (Å²) in [7, 11) is 3.73. The highest BCUT2D eigenvalue weighted by Gasteiger charge is 2.13. The molecule has 158 valence electrons. The topological polar surface area (TPSA) is 77.6 Å². The largest absolute Gasteiger partial charge is 0.355 e. The van der Waals surface area contributed by atoms with Crippen molar-refractivity contribution in [2.45, 2.75) is 6.42 Å². The maximum absolute atomic E-state index is 12.2. The number of likely N-dealkylation sites (N-methyl/N-ethyl adjacent to an activating group) is 1. The molecule has 2 heterocycles. The number of pyridine rings is 1. The lowest BCUT2D eigenvalue weighted by Crippen LogP contribution is -2.45. The van der Waals surface area contributed by atoms with E-state index in [4.69, 9.17) is 0 Å². The number of piperazine rings is 1. The summed E-state index contributed by atoms with van der Waals surface area (Å²) < 4.78 is 0. The molecule has 0 atom stereocenters. The third kappa shape index (κ3) is 6.50. The molecule has 1 saturated heterocycles. The number of aromatic nitrogens is 1. The van der Waals surface area contributed by atoms with Crippen LogP contribution in [0.5, 0.6) is 0 Å². The number of hydrogen-bond acceptors (Lipinski definition) is 5. The van der Waals surface area contributed by atoms with Crippen LogP contribution in [0.4, 0.5) is 5.69 Å². The van der Waals surface area contributed by atoms with Gasteiger partial charge in [0, 0.05) is 63.9 Å². The van der Waals surface area contributed by atoms with Gasteiger partial charge in [0.2, 0.25) is 5.91 Å². The minimum absolute atomic E-state index is 0.213. The second-order valence-corrected chi connectivity index (χ2v) is 7.50. The molecule has 7 nitrogen and oxygen atoms in total. The lowest BCUT2D eigenvalue weighted by atomic mass is 10.1. The molecule has 2 N–H and O–H groups in total. The number of benzene rings is 1. The molecule has 1 aromatic carbocycles. The van der Waals surface area contributed by atoms with Crippen LogP contribution >= 0.6 is 0 Å². The molecule has 1 aromatic heterocycles. The van der Waals surface area contributed by atoms with E-state index in [0.29, 0.717) is 11.1 Å². The molecule has 1 aliphatic rings. The Bertz CT molecular complexity index is 887. The summed E-state index contributed by atoms with van der Waals surface area (Å²) in [4.78, 5) is 32.7. The molecule has 0 aliphatic carbocycles. The van der Waals surface area contributed by atoms with Gasteiger partial charge in [-0.25, -0.2) is 0 Å². The van der Waals surface area contributed by atoms with E-state index in [1.807, 2.05) is 12.1 Å². The van der Waals surface area contributed by atoms with Crippen LogP contribution < -0.4 is 10.6 Å². The zero-order chi connectivity index (χ0) is 21.3. The second kappa shape index (κ2) is 10.7. The van der Waals surface area contributed by atoms with Gasteiger partial charge in [0.1, 0.15) is 0 Å². The van der Waals surface area contributed by atoms with Gasteiger partial charge in [-0.15, -0.1) is 0 Å². The molecular weight excluding hydrogens is 378 g/mol. The molecule has 30 heavy (non-hydrogen) atoms. The summed E-state index contributed by atoms with van der Waals surface area (Å²) in [6, 6.07) is 9.67. The molecule has 0 bridgehead atoms. The van der Waals surface area contributed by atoms with E-state index in [2.05, 4.69) is 44.6 Å². The summed E-state index contributed by atoms with van der Waals surface area (Å²) >= 11 is 0. The van der Waals surface area contributed by atoms with E-state index >= 15 is 0 Å². The Morgan fingerprint density at radius 2 is 1.83 bits per heavy atom.